The maximum absolute atomic E-state index is 9.84. The molecule has 3 rings (SSSR count). The summed E-state index contributed by atoms with van der Waals surface area (Å²) in [6.07, 6.45) is 7.76. The normalized spacial score (nSPS) is 17.2. The Labute approximate surface area is 203 Å². The van der Waals surface area contributed by atoms with Crippen LogP contribution in [0, 0.1) is 0 Å². The van der Waals surface area contributed by atoms with Crippen molar-refractivity contribution in [1.29, 1.82) is 0 Å². The van der Waals surface area contributed by atoms with Crippen LogP contribution in [0.3, 0.4) is 0 Å². The summed E-state index contributed by atoms with van der Waals surface area (Å²) >= 11 is 0. The van der Waals surface area contributed by atoms with Gasteiger partial charge in [0.1, 0.15) is 11.5 Å². The zero-order valence-electron chi connectivity index (χ0n) is 18.5. The number of aliphatic imine (C=N–C) groups is 2. The number of aliphatic carboxylic acids is 2. The first kappa shape index (κ1) is 29.8. The first-order chi connectivity index (χ1) is 15.2. The first-order valence-corrected chi connectivity index (χ1v) is 10.2. The van der Waals surface area contributed by atoms with E-state index in [0.29, 0.717) is 0 Å². The van der Waals surface area contributed by atoms with Gasteiger partial charge in [0.25, 0.3) is 0 Å². The SMILES string of the molecule is CC(=O)[O-].CC(=O)[O-].Oc1ccccc1C=NC1CCCCC1N=Cc1ccccc1O.[Co+2]. The molecule has 0 spiro atoms. The molecule has 1 aliphatic carbocycles. The van der Waals surface area contributed by atoms with Crippen LogP contribution in [-0.4, -0.2) is 46.7 Å². The maximum atomic E-state index is 9.84. The van der Waals surface area contributed by atoms with Crippen molar-refractivity contribution in [2.24, 2.45) is 9.98 Å². The van der Waals surface area contributed by atoms with E-state index < -0.39 is 11.9 Å². The average molecular weight is 499 g/mol. The van der Waals surface area contributed by atoms with Crippen LogP contribution < -0.4 is 10.2 Å². The summed E-state index contributed by atoms with van der Waals surface area (Å²) in [5.74, 6) is -1.68. The molecule has 2 unspecified atom stereocenters. The fourth-order valence-corrected chi connectivity index (χ4v) is 2.98. The fourth-order valence-electron chi connectivity index (χ4n) is 2.98. The van der Waals surface area contributed by atoms with Gasteiger partial charge in [0.2, 0.25) is 0 Å². The molecule has 2 aromatic rings. The molecule has 179 valence electrons. The molecular formula is C24H28CoN2O6. The van der Waals surface area contributed by atoms with E-state index in [1.165, 1.54) is 0 Å². The summed E-state index contributed by atoms with van der Waals surface area (Å²) < 4.78 is 0. The Morgan fingerprint density at radius 1 is 0.788 bits per heavy atom. The van der Waals surface area contributed by atoms with Crippen LogP contribution in [0.2, 0.25) is 0 Å². The second-order valence-corrected chi connectivity index (χ2v) is 7.08. The predicted octanol–water partition coefficient (Wildman–Crippen LogP) is 1.46. The zero-order chi connectivity index (χ0) is 23.9. The van der Waals surface area contributed by atoms with Crippen molar-refractivity contribution in [2.75, 3.05) is 0 Å². The smallest absolute Gasteiger partial charge is 0.550 e. The molecule has 1 saturated carbocycles. The number of aromatic hydroxyl groups is 2. The number of carbonyl (C=O) groups excluding carboxylic acids is 2. The number of carboxylic acids is 2. The molecule has 1 radical (unpaired) electrons. The largest absolute Gasteiger partial charge is 2.00 e. The fraction of sp³-hybridized carbons (Fsp3) is 0.333. The van der Waals surface area contributed by atoms with E-state index in [0.717, 1.165) is 50.7 Å². The molecule has 1 fully saturated rings. The third-order valence-corrected chi connectivity index (χ3v) is 4.38. The quantitative estimate of drug-likeness (QED) is 0.609. The molecule has 0 heterocycles. The third-order valence-electron chi connectivity index (χ3n) is 4.38. The van der Waals surface area contributed by atoms with Crippen molar-refractivity contribution in [3.63, 3.8) is 0 Å². The van der Waals surface area contributed by atoms with Gasteiger partial charge in [-0.1, -0.05) is 37.1 Å². The van der Waals surface area contributed by atoms with E-state index in [9.17, 15) is 10.2 Å². The molecule has 2 aromatic carbocycles. The van der Waals surface area contributed by atoms with Gasteiger partial charge in [0.15, 0.2) is 0 Å². The molecule has 33 heavy (non-hydrogen) atoms. The van der Waals surface area contributed by atoms with Crippen LogP contribution in [0.1, 0.15) is 50.7 Å². The second-order valence-electron chi connectivity index (χ2n) is 7.08. The van der Waals surface area contributed by atoms with Crippen molar-refractivity contribution in [1.82, 2.24) is 0 Å². The van der Waals surface area contributed by atoms with Crippen molar-refractivity contribution in [3.8, 4) is 11.5 Å². The maximum Gasteiger partial charge on any atom is 2.00 e. The number of phenolic OH excluding ortho intramolecular Hbond substituents is 2. The van der Waals surface area contributed by atoms with Crippen molar-refractivity contribution >= 4 is 24.4 Å². The summed E-state index contributed by atoms with van der Waals surface area (Å²) in [5.41, 5.74) is 1.46. The molecular weight excluding hydrogens is 471 g/mol. The molecule has 0 bridgehead atoms. The minimum absolute atomic E-state index is 0. The van der Waals surface area contributed by atoms with E-state index in [1.807, 2.05) is 24.3 Å². The van der Waals surface area contributed by atoms with Gasteiger partial charge in [-0.05, 0) is 51.0 Å². The Morgan fingerprint density at radius 2 is 1.09 bits per heavy atom. The second kappa shape index (κ2) is 16.5. The van der Waals surface area contributed by atoms with Crippen molar-refractivity contribution in [2.45, 2.75) is 51.6 Å². The zero-order valence-corrected chi connectivity index (χ0v) is 19.6. The number of nitrogens with zero attached hydrogens (tertiary/aromatic N) is 2. The van der Waals surface area contributed by atoms with E-state index >= 15 is 0 Å². The first-order valence-electron chi connectivity index (χ1n) is 10.2. The van der Waals surface area contributed by atoms with Crippen LogP contribution in [0.15, 0.2) is 58.5 Å². The molecule has 0 aromatic heterocycles. The number of carbonyl (C=O) groups is 2. The summed E-state index contributed by atoms with van der Waals surface area (Å²) in [5, 5.41) is 37.5. The van der Waals surface area contributed by atoms with Gasteiger partial charge in [-0.15, -0.1) is 0 Å². The molecule has 8 nitrogen and oxygen atoms in total. The van der Waals surface area contributed by atoms with E-state index in [4.69, 9.17) is 19.8 Å². The van der Waals surface area contributed by atoms with Gasteiger partial charge < -0.3 is 30.0 Å². The van der Waals surface area contributed by atoms with Gasteiger partial charge in [-0.2, -0.15) is 0 Å². The summed E-state index contributed by atoms with van der Waals surface area (Å²) in [4.78, 5) is 27.1. The molecule has 1 aliphatic rings. The van der Waals surface area contributed by atoms with Gasteiger partial charge in [0.05, 0.1) is 12.1 Å². The molecule has 2 atom stereocenters. The Balaban J connectivity index is 0.000000991. The van der Waals surface area contributed by atoms with Gasteiger partial charge in [0, 0.05) is 35.5 Å². The van der Waals surface area contributed by atoms with Crippen LogP contribution in [-0.2, 0) is 26.4 Å². The van der Waals surface area contributed by atoms with Gasteiger partial charge in [-0.3, -0.25) is 9.98 Å². The molecule has 0 saturated heterocycles. The van der Waals surface area contributed by atoms with E-state index in [1.54, 1.807) is 36.7 Å². The number of phenols is 2. The van der Waals surface area contributed by atoms with Crippen LogP contribution in [0.5, 0.6) is 11.5 Å². The predicted molar refractivity (Wildman–Crippen MR) is 119 cm³/mol. The average Bonchev–Trinajstić information content (AvgIpc) is 2.72. The third kappa shape index (κ3) is 13.1. The van der Waals surface area contributed by atoms with E-state index in [2.05, 4.69) is 9.98 Å². The number of rotatable bonds is 4. The van der Waals surface area contributed by atoms with Crippen molar-refractivity contribution in [3.05, 3.63) is 59.7 Å². The van der Waals surface area contributed by atoms with E-state index in [-0.39, 0.29) is 40.4 Å². The molecule has 2 N–H and O–H groups in total. The minimum atomic E-state index is -1.08. The molecule has 0 aliphatic heterocycles. The number of hydrogen-bond acceptors (Lipinski definition) is 8. The Bertz CT molecular complexity index is 849. The summed E-state index contributed by atoms with van der Waals surface area (Å²) in [6, 6.07) is 14.6. The standard InChI is InChI=1S/C20H22N2O2.2C2H4O2.Co/c23-19-11-5-1-7-15(19)13-21-17-9-3-4-10-18(17)22-14-16-8-2-6-12-20(16)24;2*1-2(3)4;/h1-2,5-8,11-14,17-18,23-24H,3-4,9-10H2;2*1H3,(H,3,4);/q;;;+2/p-2. The Hall–Kier alpha value is -3.17. The van der Waals surface area contributed by atoms with Gasteiger partial charge >= 0.3 is 16.8 Å². The Morgan fingerprint density at radius 3 is 1.39 bits per heavy atom. The van der Waals surface area contributed by atoms with Crippen LogP contribution in [0.25, 0.3) is 0 Å². The number of hydrogen-bond donors (Lipinski definition) is 2. The van der Waals surface area contributed by atoms with Crippen molar-refractivity contribution < 1.29 is 46.8 Å². The Kier molecular flexibility index (Phi) is 14.9. The molecule has 9 heteroatoms. The summed E-state index contributed by atoms with van der Waals surface area (Å²) in [6.45, 7) is 1.94. The van der Waals surface area contributed by atoms with Gasteiger partial charge in [-0.25, -0.2) is 0 Å². The topological polar surface area (TPSA) is 145 Å². The van der Waals surface area contributed by atoms with Crippen LogP contribution in [0.4, 0.5) is 0 Å². The molecule has 0 amide bonds. The number of carboxylic acid groups (broad SMARTS) is 2. The monoisotopic (exact) mass is 499 g/mol. The minimum Gasteiger partial charge on any atom is -0.550 e. The number of benzene rings is 2. The van der Waals surface area contributed by atoms with Crippen LogP contribution >= 0.6 is 0 Å². The summed E-state index contributed by atoms with van der Waals surface area (Å²) in [7, 11) is 0. The number of para-hydroxylation sites is 2.